The zero-order chi connectivity index (χ0) is 11.4. The van der Waals surface area contributed by atoms with E-state index in [1.54, 1.807) is 7.05 Å². The zero-order valence-electron chi connectivity index (χ0n) is 9.12. The molecule has 3 nitrogen and oxygen atoms in total. The van der Waals surface area contributed by atoms with Gasteiger partial charge in [-0.05, 0) is 32.2 Å². The molecular weight excluding hydrogens is 197 g/mol. The van der Waals surface area contributed by atoms with Crippen LogP contribution < -0.4 is 10.1 Å². The van der Waals surface area contributed by atoms with Crippen molar-refractivity contribution in [2.24, 2.45) is 0 Å². The molecular formula is C11H16FNO2. The Hall–Kier alpha value is -1.13. The van der Waals surface area contributed by atoms with Gasteiger partial charge in [0.15, 0.2) is 0 Å². The Labute approximate surface area is 88.9 Å². The molecule has 15 heavy (non-hydrogen) atoms. The van der Waals surface area contributed by atoms with E-state index in [0.29, 0.717) is 11.3 Å². The second-order valence-electron chi connectivity index (χ2n) is 3.41. The number of likely N-dealkylation sites (N-methyl/N-ethyl adjacent to an activating group) is 1. The van der Waals surface area contributed by atoms with E-state index in [9.17, 15) is 9.50 Å². The first-order valence-electron chi connectivity index (χ1n) is 4.79. The Bertz CT molecular complexity index is 330. The monoisotopic (exact) mass is 213 g/mol. The fraction of sp³-hybridized carbons (Fsp3) is 0.455. The first kappa shape index (κ1) is 11.9. The Morgan fingerprint density at radius 2 is 2.13 bits per heavy atom. The van der Waals surface area contributed by atoms with Crippen LogP contribution >= 0.6 is 0 Å². The molecule has 84 valence electrons. The van der Waals surface area contributed by atoms with Crippen molar-refractivity contribution in [3.8, 4) is 5.75 Å². The Balaban J connectivity index is 3.05. The average Bonchev–Trinajstić information content (AvgIpc) is 2.27. The third kappa shape index (κ3) is 2.67. The summed E-state index contributed by atoms with van der Waals surface area (Å²) in [5.74, 6) is 0.110. The maximum absolute atomic E-state index is 13.0. The first-order chi connectivity index (χ1) is 7.10. The van der Waals surface area contributed by atoms with Crippen LogP contribution in [0.25, 0.3) is 0 Å². The van der Waals surface area contributed by atoms with Crippen LogP contribution in [0.1, 0.15) is 18.6 Å². The molecule has 0 aliphatic rings. The van der Waals surface area contributed by atoms with E-state index in [1.165, 1.54) is 25.3 Å². The van der Waals surface area contributed by atoms with Crippen molar-refractivity contribution in [2.75, 3.05) is 14.2 Å². The average molecular weight is 213 g/mol. The smallest absolute Gasteiger partial charge is 0.124 e. The molecule has 2 atom stereocenters. The van der Waals surface area contributed by atoms with Crippen LogP contribution in [0.2, 0.25) is 0 Å². The number of hydrogen-bond donors (Lipinski definition) is 2. The summed E-state index contributed by atoms with van der Waals surface area (Å²) < 4.78 is 18.1. The standard InChI is InChI=1S/C11H16FNO2/c1-7(13-2)11(14)9-6-8(12)4-5-10(9)15-3/h4-7,11,13-14H,1-3H3. The molecule has 2 N–H and O–H groups in total. The lowest BCUT2D eigenvalue weighted by molar-refractivity contribution is 0.136. The quantitative estimate of drug-likeness (QED) is 0.796. The Kier molecular flexibility index (Phi) is 4.05. The summed E-state index contributed by atoms with van der Waals surface area (Å²) in [5, 5.41) is 12.8. The van der Waals surface area contributed by atoms with Gasteiger partial charge in [-0.3, -0.25) is 0 Å². The van der Waals surface area contributed by atoms with E-state index >= 15 is 0 Å². The van der Waals surface area contributed by atoms with E-state index in [4.69, 9.17) is 4.74 Å². The van der Waals surface area contributed by atoms with Crippen molar-refractivity contribution in [2.45, 2.75) is 19.1 Å². The van der Waals surface area contributed by atoms with E-state index in [-0.39, 0.29) is 11.9 Å². The van der Waals surface area contributed by atoms with E-state index in [2.05, 4.69) is 5.32 Å². The molecule has 0 spiro atoms. The second kappa shape index (κ2) is 5.09. The number of nitrogens with one attached hydrogen (secondary N) is 1. The minimum Gasteiger partial charge on any atom is -0.496 e. The van der Waals surface area contributed by atoms with Crippen LogP contribution in [-0.4, -0.2) is 25.3 Å². The summed E-state index contributed by atoms with van der Waals surface area (Å²) in [6.45, 7) is 1.81. The molecule has 2 unspecified atom stereocenters. The van der Waals surface area contributed by atoms with Crippen molar-refractivity contribution >= 4 is 0 Å². The van der Waals surface area contributed by atoms with Gasteiger partial charge in [-0.1, -0.05) is 0 Å². The van der Waals surface area contributed by atoms with Gasteiger partial charge in [-0.2, -0.15) is 0 Å². The molecule has 0 bridgehead atoms. The molecule has 0 aromatic heterocycles. The summed E-state index contributed by atoms with van der Waals surface area (Å²) in [4.78, 5) is 0. The third-order valence-electron chi connectivity index (χ3n) is 2.44. The normalized spacial score (nSPS) is 14.7. The topological polar surface area (TPSA) is 41.5 Å². The van der Waals surface area contributed by atoms with Crippen molar-refractivity contribution in [1.82, 2.24) is 5.32 Å². The van der Waals surface area contributed by atoms with Crippen LogP contribution in [0.5, 0.6) is 5.75 Å². The molecule has 0 saturated heterocycles. The molecule has 0 amide bonds. The van der Waals surface area contributed by atoms with Gasteiger partial charge in [0.25, 0.3) is 0 Å². The number of aliphatic hydroxyl groups excluding tert-OH is 1. The van der Waals surface area contributed by atoms with Gasteiger partial charge >= 0.3 is 0 Å². The molecule has 1 aromatic rings. The van der Waals surface area contributed by atoms with Crippen LogP contribution in [0.3, 0.4) is 0 Å². The van der Waals surface area contributed by atoms with Gasteiger partial charge in [0.1, 0.15) is 11.6 Å². The van der Waals surface area contributed by atoms with Gasteiger partial charge in [-0.25, -0.2) is 4.39 Å². The van der Waals surface area contributed by atoms with Gasteiger partial charge < -0.3 is 15.2 Å². The van der Waals surface area contributed by atoms with Gasteiger partial charge in [0.2, 0.25) is 0 Å². The van der Waals surface area contributed by atoms with E-state index in [1.807, 2.05) is 6.92 Å². The number of benzene rings is 1. The molecule has 4 heteroatoms. The molecule has 0 aliphatic heterocycles. The number of halogens is 1. The molecule has 0 saturated carbocycles. The minimum atomic E-state index is -0.791. The van der Waals surface area contributed by atoms with Crippen molar-refractivity contribution < 1.29 is 14.2 Å². The highest BCUT2D eigenvalue weighted by atomic mass is 19.1. The maximum Gasteiger partial charge on any atom is 0.124 e. The highest BCUT2D eigenvalue weighted by molar-refractivity contribution is 5.36. The minimum absolute atomic E-state index is 0.166. The number of methoxy groups -OCH3 is 1. The highest BCUT2D eigenvalue weighted by Crippen LogP contribution is 2.27. The summed E-state index contributed by atoms with van der Waals surface area (Å²) in [5.41, 5.74) is 0.458. The molecule has 0 radical (unpaired) electrons. The Morgan fingerprint density at radius 3 is 2.67 bits per heavy atom. The lowest BCUT2D eigenvalue weighted by Crippen LogP contribution is -2.29. The summed E-state index contributed by atoms with van der Waals surface area (Å²) in [6.07, 6.45) is -0.791. The van der Waals surface area contributed by atoms with Crippen molar-refractivity contribution in [3.05, 3.63) is 29.6 Å². The lowest BCUT2D eigenvalue weighted by atomic mass is 10.0. The second-order valence-corrected chi connectivity index (χ2v) is 3.41. The SMILES string of the molecule is CNC(C)C(O)c1cc(F)ccc1OC. The number of rotatable bonds is 4. The molecule has 0 aliphatic carbocycles. The molecule has 1 aromatic carbocycles. The number of ether oxygens (including phenoxy) is 1. The molecule has 0 heterocycles. The fourth-order valence-electron chi connectivity index (χ4n) is 1.36. The summed E-state index contributed by atoms with van der Waals surface area (Å²) in [7, 11) is 3.23. The molecule has 0 fully saturated rings. The highest BCUT2D eigenvalue weighted by Gasteiger charge is 2.19. The first-order valence-corrected chi connectivity index (χ1v) is 4.79. The summed E-state index contributed by atoms with van der Waals surface area (Å²) >= 11 is 0. The van der Waals surface area contributed by atoms with Crippen LogP contribution in [0.4, 0.5) is 4.39 Å². The lowest BCUT2D eigenvalue weighted by Gasteiger charge is -2.20. The maximum atomic E-state index is 13.0. The zero-order valence-corrected chi connectivity index (χ0v) is 9.12. The molecule has 1 rings (SSSR count). The van der Waals surface area contributed by atoms with E-state index in [0.717, 1.165) is 0 Å². The van der Waals surface area contributed by atoms with Crippen LogP contribution in [0.15, 0.2) is 18.2 Å². The fourth-order valence-corrected chi connectivity index (χ4v) is 1.36. The van der Waals surface area contributed by atoms with Crippen LogP contribution in [-0.2, 0) is 0 Å². The van der Waals surface area contributed by atoms with Gasteiger partial charge in [0, 0.05) is 11.6 Å². The number of hydrogen-bond acceptors (Lipinski definition) is 3. The predicted octanol–water partition coefficient (Wildman–Crippen LogP) is 1.48. The Morgan fingerprint density at radius 1 is 1.47 bits per heavy atom. The number of aliphatic hydroxyl groups is 1. The van der Waals surface area contributed by atoms with Gasteiger partial charge in [0.05, 0.1) is 13.2 Å². The largest absolute Gasteiger partial charge is 0.496 e. The van der Waals surface area contributed by atoms with Crippen molar-refractivity contribution in [3.63, 3.8) is 0 Å². The van der Waals surface area contributed by atoms with Gasteiger partial charge in [-0.15, -0.1) is 0 Å². The summed E-state index contributed by atoms with van der Waals surface area (Å²) in [6, 6.07) is 3.94. The van der Waals surface area contributed by atoms with E-state index < -0.39 is 6.10 Å². The van der Waals surface area contributed by atoms with Crippen LogP contribution in [0, 0.1) is 5.82 Å². The predicted molar refractivity (Wildman–Crippen MR) is 56.4 cm³/mol. The third-order valence-corrected chi connectivity index (χ3v) is 2.44. The van der Waals surface area contributed by atoms with Crippen molar-refractivity contribution in [1.29, 1.82) is 0 Å².